The largest absolute Gasteiger partial charge is 0.497 e. The number of nitrogens with zero attached hydrogens (tertiary/aromatic N) is 1. The van der Waals surface area contributed by atoms with Crippen molar-refractivity contribution in [3.8, 4) is 17.2 Å². The molecular formula is C22H20Cl2N2O5S. The van der Waals surface area contributed by atoms with Crippen LogP contribution in [0.1, 0.15) is 0 Å². The Balaban J connectivity index is 1.73. The summed E-state index contributed by atoms with van der Waals surface area (Å²) < 4.78 is 37.3. The number of amides is 1. The van der Waals surface area contributed by atoms with Crippen LogP contribution in [0.15, 0.2) is 71.6 Å². The molecule has 0 unspecified atom stereocenters. The van der Waals surface area contributed by atoms with Crippen LogP contribution < -0.4 is 14.8 Å². The Hall–Kier alpha value is -2.78. The zero-order valence-corrected chi connectivity index (χ0v) is 19.5. The summed E-state index contributed by atoms with van der Waals surface area (Å²) in [6.07, 6.45) is 0. The van der Waals surface area contributed by atoms with E-state index in [1.165, 1.54) is 37.4 Å². The van der Waals surface area contributed by atoms with Gasteiger partial charge in [-0.05, 0) is 66.7 Å². The van der Waals surface area contributed by atoms with E-state index in [9.17, 15) is 13.2 Å². The number of halogens is 2. The van der Waals surface area contributed by atoms with Crippen molar-refractivity contribution in [2.24, 2.45) is 0 Å². The number of methoxy groups -OCH3 is 1. The summed E-state index contributed by atoms with van der Waals surface area (Å²) in [5.41, 5.74) is 0.301. The second kappa shape index (κ2) is 10.2. The molecule has 1 amide bonds. The number of benzene rings is 3. The third-order valence-electron chi connectivity index (χ3n) is 4.39. The van der Waals surface area contributed by atoms with Gasteiger partial charge < -0.3 is 14.8 Å². The van der Waals surface area contributed by atoms with Gasteiger partial charge in [0.1, 0.15) is 11.5 Å². The van der Waals surface area contributed by atoms with E-state index in [1.54, 1.807) is 43.5 Å². The molecule has 0 atom stereocenters. The van der Waals surface area contributed by atoms with Gasteiger partial charge in [0.2, 0.25) is 15.9 Å². The first-order valence-electron chi connectivity index (χ1n) is 9.32. The number of carbonyl (C=O) groups excluding carboxylic acids is 1. The van der Waals surface area contributed by atoms with Gasteiger partial charge in [0.15, 0.2) is 5.75 Å². The van der Waals surface area contributed by atoms with Gasteiger partial charge >= 0.3 is 0 Å². The molecule has 0 saturated heterocycles. The zero-order valence-electron chi connectivity index (χ0n) is 17.2. The molecule has 3 rings (SSSR count). The van der Waals surface area contributed by atoms with Crippen LogP contribution >= 0.6 is 23.2 Å². The maximum Gasteiger partial charge on any atom is 0.243 e. The third-order valence-corrected chi connectivity index (χ3v) is 6.70. The number of nitrogens with one attached hydrogen (secondary N) is 1. The molecule has 0 aliphatic carbocycles. The molecule has 32 heavy (non-hydrogen) atoms. The lowest BCUT2D eigenvalue weighted by Crippen LogP contribution is -2.35. The molecule has 0 aromatic heterocycles. The van der Waals surface area contributed by atoms with E-state index in [4.69, 9.17) is 32.7 Å². The van der Waals surface area contributed by atoms with Crippen molar-refractivity contribution in [2.45, 2.75) is 4.90 Å². The van der Waals surface area contributed by atoms with Gasteiger partial charge in [-0.1, -0.05) is 23.2 Å². The number of hydrogen-bond donors (Lipinski definition) is 1. The molecule has 7 nitrogen and oxygen atoms in total. The number of carbonyl (C=O) groups is 1. The number of rotatable bonds is 8. The first-order valence-corrected chi connectivity index (χ1v) is 11.5. The minimum atomic E-state index is -3.87. The maximum absolute atomic E-state index is 12.7. The minimum Gasteiger partial charge on any atom is -0.497 e. The van der Waals surface area contributed by atoms with E-state index < -0.39 is 22.5 Å². The molecule has 3 aromatic carbocycles. The van der Waals surface area contributed by atoms with Crippen LogP contribution in [0.4, 0.5) is 5.69 Å². The Labute approximate surface area is 196 Å². The van der Waals surface area contributed by atoms with Crippen molar-refractivity contribution in [1.29, 1.82) is 0 Å². The molecule has 0 aliphatic heterocycles. The fourth-order valence-electron chi connectivity index (χ4n) is 2.72. The first-order chi connectivity index (χ1) is 15.2. The summed E-state index contributed by atoms with van der Waals surface area (Å²) in [6, 6.07) is 17.3. The summed E-state index contributed by atoms with van der Waals surface area (Å²) in [5.74, 6) is 0.973. The van der Waals surface area contributed by atoms with E-state index in [2.05, 4.69) is 5.32 Å². The predicted octanol–water partition coefficient (Wildman–Crippen LogP) is 5.05. The van der Waals surface area contributed by atoms with E-state index in [1.807, 2.05) is 0 Å². The van der Waals surface area contributed by atoms with Crippen molar-refractivity contribution >= 4 is 44.8 Å². The molecular weight excluding hydrogens is 475 g/mol. The summed E-state index contributed by atoms with van der Waals surface area (Å²) in [5, 5.41) is 3.45. The second-order valence-electron chi connectivity index (χ2n) is 6.68. The van der Waals surface area contributed by atoms with Gasteiger partial charge in [-0.25, -0.2) is 8.42 Å². The van der Waals surface area contributed by atoms with Crippen molar-refractivity contribution in [2.75, 3.05) is 26.0 Å². The summed E-state index contributed by atoms with van der Waals surface area (Å²) in [7, 11) is -0.994. The van der Waals surface area contributed by atoms with Crippen molar-refractivity contribution in [3.63, 3.8) is 0 Å². The Kier molecular flexibility index (Phi) is 7.63. The molecule has 0 saturated carbocycles. The zero-order chi connectivity index (χ0) is 23.3. The van der Waals surface area contributed by atoms with Crippen molar-refractivity contribution < 1.29 is 22.7 Å². The van der Waals surface area contributed by atoms with Crippen LogP contribution in [0, 0.1) is 0 Å². The number of hydrogen-bond acceptors (Lipinski definition) is 5. The molecule has 0 heterocycles. The Morgan fingerprint density at radius 2 is 1.53 bits per heavy atom. The average Bonchev–Trinajstić information content (AvgIpc) is 2.76. The van der Waals surface area contributed by atoms with E-state index in [0.717, 1.165) is 4.31 Å². The van der Waals surface area contributed by atoms with Crippen LogP contribution in [0.5, 0.6) is 17.2 Å². The molecule has 3 aromatic rings. The van der Waals surface area contributed by atoms with Crippen LogP contribution in [-0.4, -0.2) is 39.3 Å². The van der Waals surface area contributed by atoms with Crippen LogP contribution in [0.25, 0.3) is 0 Å². The number of anilines is 1. The SMILES string of the molecule is COc1ccc(Oc2ccc(Cl)cc2NC(=O)CN(C)S(=O)(=O)c2ccc(Cl)cc2)cc1. The number of ether oxygens (including phenoxy) is 2. The molecule has 0 bridgehead atoms. The lowest BCUT2D eigenvalue weighted by atomic mass is 10.2. The molecule has 10 heteroatoms. The molecule has 0 fully saturated rings. The van der Waals surface area contributed by atoms with E-state index >= 15 is 0 Å². The van der Waals surface area contributed by atoms with Crippen molar-refractivity contribution in [1.82, 2.24) is 4.31 Å². The highest BCUT2D eigenvalue weighted by Crippen LogP contribution is 2.33. The van der Waals surface area contributed by atoms with Crippen LogP contribution in [-0.2, 0) is 14.8 Å². The first kappa shape index (κ1) is 23.9. The van der Waals surface area contributed by atoms with Gasteiger partial charge in [0.25, 0.3) is 0 Å². The van der Waals surface area contributed by atoms with Gasteiger partial charge in [-0.2, -0.15) is 4.31 Å². The second-order valence-corrected chi connectivity index (χ2v) is 9.60. The summed E-state index contributed by atoms with van der Waals surface area (Å²) >= 11 is 11.9. The average molecular weight is 495 g/mol. The van der Waals surface area contributed by atoms with Gasteiger partial charge in [0.05, 0.1) is 24.2 Å². The normalized spacial score (nSPS) is 11.3. The number of sulfonamides is 1. The van der Waals surface area contributed by atoms with Gasteiger partial charge in [0, 0.05) is 17.1 Å². The quantitative estimate of drug-likeness (QED) is 0.473. The fourth-order valence-corrected chi connectivity index (χ4v) is 4.15. The van der Waals surface area contributed by atoms with Gasteiger partial charge in [-0.3, -0.25) is 4.79 Å². The highest BCUT2D eigenvalue weighted by molar-refractivity contribution is 7.89. The van der Waals surface area contributed by atoms with Crippen LogP contribution in [0.2, 0.25) is 10.0 Å². The Morgan fingerprint density at radius 3 is 2.16 bits per heavy atom. The molecule has 168 valence electrons. The smallest absolute Gasteiger partial charge is 0.243 e. The predicted molar refractivity (Wildman–Crippen MR) is 124 cm³/mol. The van der Waals surface area contributed by atoms with Gasteiger partial charge in [-0.15, -0.1) is 0 Å². The van der Waals surface area contributed by atoms with E-state index in [-0.39, 0.29) is 4.90 Å². The summed E-state index contributed by atoms with van der Waals surface area (Å²) in [4.78, 5) is 12.6. The third kappa shape index (κ3) is 5.92. The monoisotopic (exact) mass is 494 g/mol. The number of likely N-dealkylation sites (N-methyl/N-ethyl adjacent to an activating group) is 1. The fraction of sp³-hybridized carbons (Fsp3) is 0.136. The Morgan fingerprint density at radius 1 is 0.938 bits per heavy atom. The lowest BCUT2D eigenvalue weighted by Gasteiger charge is -2.18. The molecule has 0 radical (unpaired) electrons. The summed E-state index contributed by atoms with van der Waals surface area (Å²) in [6.45, 7) is -0.417. The lowest BCUT2D eigenvalue weighted by molar-refractivity contribution is -0.116. The molecule has 0 aliphatic rings. The standard InChI is InChI=1S/C22H20Cl2N2O5S/c1-26(32(28,29)19-10-3-15(23)4-11-19)14-22(27)25-20-13-16(24)5-12-21(20)31-18-8-6-17(30-2)7-9-18/h3-13H,14H2,1-2H3,(H,25,27). The molecule has 0 spiro atoms. The van der Waals surface area contributed by atoms with E-state index in [0.29, 0.717) is 33.0 Å². The van der Waals surface area contributed by atoms with Crippen molar-refractivity contribution in [3.05, 3.63) is 76.8 Å². The maximum atomic E-state index is 12.7. The molecule has 1 N–H and O–H groups in total. The highest BCUT2D eigenvalue weighted by atomic mass is 35.5. The highest BCUT2D eigenvalue weighted by Gasteiger charge is 2.23. The Bertz CT molecular complexity index is 1200. The minimum absolute atomic E-state index is 0.0310. The van der Waals surface area contributed by atoms with Crippen LogP contribution in [0.3, 0.4) is 0 Å². The topological polar surface area (TPSA) is 84.9 Å².